The Kier molecular flexibility index (Phi) is 9.33. The molecule has 0 saturated heterocycles. The van der Waals surface area contributed by atoms with E-state index in [9.17, 15) is 0 Å². The Labute approximate surface area is 118 Å². The Bertz CT molecular complexity index is 305. The summed E-state index contributed by atoms with van der Waals surface area (Å²) in [6, 6.07) is 0. The first kappa shape index (κ1) is 15.8. The van der Waals surface area contributed by atoms with Gasteiger partial charge < -0.3 is 5.32 Å². The van der Waals surface area contributed by atoms with Crippen molar-refractivity contribution in [3.63, 3.8) is 0 Å². The third-order valence-electron chi connectivity index (χ3n) is 2.29. The number of tetrazole rings is 1. The van der Waals surface area contributed by atoms with Crippen LogP contribution in [0, 0.1) is 0 Å². The second kappa shape index (κ2) is 10.6. The minimum atomic E-state index is 0.846. The molecule has 0 bridgehead atoms. The summed E-state index contributed by atoms with van der Waals surface area (Å²) >= 11 is 3.74. The molecule has 0 atom stereocenters. The highest BCUT2D eigenvalue weighted by Crippen LogP contribution is 2.15. The van der Waals surface area contributed by atoms with Crippen LogP contribution in [0.1, 0.15) is 26.7 Å². The van der Waals surface area contributed by atoms with Gasteiger partial charge in [-0.3, -0.25) is 0 Å². The zero-order chi connectivity index (χ0) is 13.1. The first-order valence-electron chi connectivity index (χ1n) is 6.55. The predicted molar refractivity (Wildman–Crippen MR) is 79.3 cm³/mol. The van der Waals surface area contributed by atoms with E-state index in [0.29, 0.717) is 0 Å². The van der Waals surface area contributed by atoms with Gasteiger partial charge in [0.1, 0.15) is 0 Å². The summed E-state index contributed by atoms with van der Waals surface area (Å²) < 4.78 is 1.89. The van der Waals surface area contributed by atoms with Crippen LogP contribution >= 0.6 is 23.5 Å². The summed E-state index contributed by atoms with van der Waals surface area (Å²) in [5.41, 5.74) is 0. The van der Waals surface area contributed by atoms with E-state index in [2.05, 4.69) is 34.7 Å². The molecule has 7 heteroatoms. The van der Waals surface area contributed by atoms with E-state index in [0.717, 1.165) is 37.0 Å². The summed E-state index contributed by atoms with van der Waals surface area (Å²) in [6.45, 7) is 7.19. The van der Waals surface area contributed by atoms with E-state index in [1.165, 1.54) is 17.9 Å². The van der Waals surface area contributed by atoms with Gasteiger partial charge >= 0.3 is 0 Å². The zero-order valence-corrected chi connectivity index (χ0v) is 12.9. The Morgan fingerprint density at radius 1 is 1.22 bits per heavy atom. The monoisotopic (exact) mass is 289 g/mol. The summed E-state index contributed by atoms with van der Waals surface area (Å²) in [5.74, 6) is 3.52. The van der Waals surface area contributed by atoms with Gasteiger partial charge in [0, 0.05) is 12.3 Å². The summed E-state index contributed by atoms with van der Waals surface area (Å²) in [6.07, 6.45) is 2.37. The smallest absolute Gasteiger partial charge is 0.209 e. The van der Waals surface area contributed by atoms with Crippen LogP contribution in [0.3, 0.4) is 0 Å². The number of hydrogen-bond donors (Lipinski definition) is 1. The van der Waals surface area contributed by atoms with E-state index in [-0.39, 0.29) is 0 Å². The topological polar surface area (TPSA) is 55.6 Å². The standard InChI is InChI=1S/C11H23N5S2/c1-3-6-12-7-8-16-11(13-14-15-16)18-10-5-9-17-4-2/h12H,3-10H2,1-2H3. The highest BCUT2D eigenvalue weighted by Gasteiger charge is 2.05. The number of nitrogens with one attached hydrogen (secondary N) is 1. The molecule has 0 amide bonds. The van der Waals surface area contributed by atoms with Gasteiger partial charge in [0.2, 0.25) is 5.16 Å². The molecule has 0 saturated carbocycles. The Hall–Kier alpha value is -0.270. The van der Waals surface area contributed by atoms with Crippen molar-refractivity contribution in [1.29, 1.82) is 0 Å². The number of hydrogen-bond acceptors (Lipinski definition) is 6. The van der Waals surface area contributed by atoms with Crippen LogP contribution in [-0.2, 0) is 6.54 Å². The fourth-order valence-corrected chi connectivity index (χ4v) is 3.06. The fourth-order valence-electron chi connectivity index (χ4n) is 1.40. The first-order chi connectivity index (χ1) is 8.88. The lowest BCUT2D eigenvalue weighted by Crippen LogP contribution is -2.21. The van der Waals surface area contributed by atoms with Crippen LogP contribution in [0.15, 0.2) is 5.16 Å². The average molecular weight is 289 g/mol. The second-order valence-electron chi connectivity index (χ2n) is 3.83. The van der Waals surface area contributed by atoms with E-state index in [1.807, 2.05) is 16.4 Å². The molecule has 0 aromatic carbocycles. The second-order valence-corrected chi connectivity index (χ2v) is 6.29. The minimum Gasteiger partial charge on any atom is -0.315 e. The molecule has 1 rings (SSSR count). The maximum absolute atomic E-state index is 4.06. The quantitative estimate of drug-likeness (QED) is 0.496. The molecule has 1 aromatic heterocycles. The molecule has 18 heavy (non-hydrogen) atoms. The van der Waals surface area contributed by atoms with Crippen molar-refractivity contribution in [2.75, 3.05) is 30.3 Å². The van der Waals surface area contributed by atoms with Crippen molar-refractivity contribution in [1.82, 2.24) is 25.5 Å². The molecule has 5 nitrogen and oxygen atoms in total. The molecule has 0 spiro atoms. The molecule has 0 unspecified atom stereocenters. The first-order valence-corrected chi connectivity index (χ1v) is 8.70. The molecule has 104 valence electrons. The predicted octanol–water partition coefficient (Wildman–Crippen LogP) is 1.91. The Balaban J connectivity index is 2.18. The molecule has 0 aliphatic rings. The largest absolute Gasteiger partial charge is 0.315 e. The Morgan fingerprint density at radius 2 is 2.11 bits per heavy atom. The van der Waals surface area contributed by atoms with Gasteiger partial charge in [0.05, 0.1) is 6.54 Å². The SMILES string of the molecule is CCCNCCn1nnnc1SCCCSCC. The van der Waals surface area contributed by atoms with Crippen LogP contribution in [-0.4, -0.2) is 50.6 Å². The van der Waals surface area contributed by atoms with Gasteiger partial charge in [0.25, 0.3) is 0 Å². The van der Waals surface area contributed by atoms with Crippen LogP contribution in [0.25, 0.3) is 0 Å². The lowest BCUT2D eigenvalue weighted by Gasteiger charge is -2.05. The van der Waals surface area contributed by atoms with Crippen molar-refractivity contribution in [2.24, 2.45) is 0 Å². The lowest BCUT2D eigenvalue weighted by atomic mass is 10.5. The van der Waals surface area contributed by atoms with E-state index in [1.54, 1.807) is 11.8 Å². The van der Waals surface area contributed by atoms with Gasteiger partial charge in [-0.05, 0) is 41.3 Å². The van der Waals surface area contributed by atoms with Crippen molar-refractivity contribution in [2.45, 2.75) is 38.4 Å². The molecule has 1 N–H and O–H groups in total. The number of thioether (sulfide) groups is 2. The molecule has 0 radical (unpaired) electrons. The average Bonchev–Trinajstić information content (AvgIpc) is 2.82. The molecule has 0 aliphatic carbocycles. The van der Waals surface area contributed by atoms with E-state index < -0.39 is 0 Å². The van der Waals surface area contributed by atoms with Gasteiger partial charge in [0.15, 0.2) is 0 Å². The molecular weight excluding hydrogens is 266 g/mol. The van der Waals surface area contributed by atoms with Crippen molar-refractivity contribution in [3.05, 3.63) is 0 Å². The van der Waals surface area contributed by atoms with Crippen molar-refractivity contribution < 1.29 is 0 Å². The van der Waals surface area contributed by atoms with Gasteiger partial charge in [-0.2, -0.15) is 11.8 Å². The van der Waals surface area contributed by atoms with Crippen LogP contribution < -0.4 is 5.32 Å². The zero-order valence-electron chi connectivity index (χ0n) is 11.3. The fraction of sp³-hybridized carbons (Fsp3) is 0.909. The maximum atomic E-state index is 4.06. The minimum absolute atomic E-state index is 0.846. The van der Waals surface area contributed by atoms with E-state index >= 15 is 0 Å². The normalized spacial score (nSPS) is 11.0. The third-order valence-corrected chi connectivity index (χ3v) is 4.32. The van der Waals surface area contributed by atoms with Gasteiger partial charge in [-0.15, -0.1) is 5.10 Å². The number of aromatic nitrogens is 4. The third kappa shape index (κ3) is 6.61. The van der Waals surface area contributed by atoms with Crippen LogP contribution in [0.5, 0.6) is 0 Å². The van der Waals surface area contributed by atoms with Crippen molar-refractivity contribution >= 4 is 23.5 Å². The van der Waals surface area contributed by atoms with Crippen LogP contribution in [0.4, 0.5) is 0 Å². The summed E-state index contributed by atoms with van der Waals surface area (Å²) in [4.78, 5) is 0. The molecule has 1 aromatic rings. The van der Waals surface area contributed by atoms with Crippen molar-refractivity contribution in [3.8, 4) is 0 Å². The van der Waals surface area contributed by atoms with E-state index in [4.69, 9.17) is 0 Å². The Morgan fingerprint density at radius 3 is 2.89 bits per heavy atom. The molecule has 1 heterocycles. The highest BCUT2D eigenvalue weighted by atomic mass is 32.2. The summed E-state index contributed by atoms with van der Waals surface area (Å²) in [5, 5.41) is 16.1. The molecule has 0 aliphatic heterocycles. The van der Waals surface area contributed by atoms with Gasteiger partial charge in [-0.1, -0.05) is 25.6 Å². The number of nitrogens with zero attached hydrogens (tertiary/aromatic N) is 4. The van der Waals surface area contributed by atoms with Crippen LogP contribution in [0.2, 0.25) is 0 Å². The maximum Gasteiger partial charge on any atom is 0.209 e. The highest BCUT2D eigenvalue weighted by molar-refractivity contribution is 8.00. The molecular formula is C11H23N5S2. The molecule has 0 fully saturated rings. The van der Waals surface area contributed by atoms with Gasteiger partial charge in [-0.25, -0.2) is 4.68 Å². The number of rotatable bonds is 11. The summed E-state index contributed by atoms with van der Waals surface area (Å²) in [7, 11) is 0. The lowest BCUT2D eigenvalue weighted by molar-refractivity contribution is 0.510.